The van der Waals surface area contributed by atoms with Crippen molar-refractivity contribution >= 4 is 62.0 Å². The smallest absolute Gasteiger partial charge is 0.390 e. The highest BCUT2D eigenvalue weighted by molar-refractivity contribution is 7.48. The van der Waals surface area contributed by atoms with Crippen molar-refractivity contribution in [2.75, 3.05) is 39.2 Å². The number of aromatic nitrogens is 8. The molecule has 2 saturated heterocycles. The number of rotatable bonds is 22. The zero-order valence-electron chi connectivity index (χ0n) is 35.9. The van der Waals surface area contributed by atoms with Crippen LogP contribution in [0.1, 0.15) is 54.9 Å². The molecule has 9 atom stereocenters. The molecule has 0 bridgehead atoms. The molecule has 6 heterocycles. The van der Waals surface area contributed by atoms with Crippen molar-refractivity contribution in [1.82, 2.24) is 43.9 Å². The lowest BCUT2D eigenvalue weighted by molar-refractivity contribution is -0.0865. The molecule has 0 radical (unpaired) electrons. The normalized spacial score (nSPS) is 22.8. The molecule has 2 fully saturated rings. The van der Waals surface area contributed by atoms with Crippen LogP contribution in [-0.2, 0) is 41.2 Å². The van der Waals surface area contributed by atoms with E-state index in [2.05, 4.69) is 46.8 Å². The highest BCUT2D eigenvalue weighted by atomic mass is 31.2. The van der Waals surface area contributed by atoms with Gasteiger partial charge in [-0.1, -0.05) is 24.3 Å². The van der Waals surface area contributed by atoms with E-state index in [0.717, 1.165) is 0 Å². The summed E-state index contributed by atoms with van der Waals surface area (Å²) < 4.78 is 70.8. The summed E-state index contributed by atoms with van der Waals surface area (Å²) in [5, 5.41) is 32.5. The second-order valence-electron chi connectivity index (χ2n) is 15.0. The fraction of sp³-hybridized carbons (Fsp3) is 0.436. The van der Waals surface area contributed by atoms with Crippen LogP contribution in [0.25, 0.3) is 22.3 Å². The van der Waals surface area contributed by atoms with Gasteiger partial charge >= 0.3 is 15.6 Å². The maximum Gasteiger partial charge on any atom is 0.475 e. The molecule has 1 amide bonds. The number of carbonyl (C=O) groups is 1. The van der Waals surface area contributed by atoms with Crippen LogP contribution in [-0.4, -0.2) is 131 Å². The van der Waals surface area contributed by atoms with Gasteiger partial charge in [-0.15, -0.1) is 6.58 Å². The molecule has 1 aromatic carbocycles. The first-order chi connectivity index (χ1) is 32.2. The number of nitrogens with one attached hydrogen (secondary N) is 2. The lowest BCUT2D eigenvalue weighted by Crippen LogP contribution is -2.36. The number of aromatic amines is 1. The summed E-state index contributed by atoms with van der Waals surface area (Å²) >= 11 is 0. The number of phosphoric acid groups is 2. The zero-order valence-corrected chi connectivity index (χ0v) is 37.7. The first kappa shape index (κ1) is 48.8. The van der Waals surface area contributed by atoms with Gasteiger partial charge in [0.1, 0.15) is 37.1 Å². The van der Waals surface area contributed by atoms with Gasteiger partial charge in [-0.05, 0) is 18.6 Å². The standard InChI is InChI=1S/C39H45N13O13P2/c1-4-15-59-67(58,60-16-9-14-41)65-27-18-30(51-22-44-31-34(42-20-43-35(31)51)47-37(54)24-10-6-5-7-11-24)62-28(27)19-61-66(56,57)64-26(12-8-13-40)33-25(53)17-29(63-33)52-23-45-32-36(52)48-39(49-38(32)55)46-21-50(2)3/h4-7,10-11,20-23,25-30,33,53H,1,8-9,12,15-19H2,2-3H3,(H,56,57)(H,48,49,55)(H,42,43,47,54)/t25-,26?,27-,28+,29+,30+,33-,67?/m0/s1. The molecule has 28 heteroatoms. The number of fused-ring (bicyclic) bond motifs is 2. The summed E-state index contributed by atoms with van der Waals surface area (Å²) in [5.41, 5.74) is 0.244. The number of phosphoric ester groups is 2. The number of amides is 1. The number of aliphatic hydroxyl groups excluding tert-OH is 1. The summed E-state index contributed by atoms with van der Waals surface area (Å²) in [6.07, 6.45) is -2.77. The first-order valence-corrected chi connectivity index (χ1v) is 23.5. The average molecular weight is 966 g/mol. The molecule has 5 aromatic rings. The Hall–Kier alpha value is -6.12. The van der Waals surface area contributed by atoms with Gasteiger partial charge in [-0.2, -0.15) is 15.5 Å². The molecule has 7 rings (SSSR count). The molecule has 4 N–H and O–H groups in total. The Morgan fingerprint density at radius 1 is 1.04 bits per heavy atom. The Balaban J connectivity index is 1.10. The van der Waals surface area contributed by atoms with Gasteiger partial charge in [-0.25, -0.2) is 34.1 Å². The molecule has 3 unspecified atom stereocenters. The van der Waals surface area contributed by atoms with E-state index in [1.165, 1.54) is 40.5 Å². The van der Waals surface area contributed by atoms with Crippen LogP contribution in [0.4, 0.5) is 11.8 Å². The van der Waals surface area contributed by atoms with Crippen molar-refractivity contribution in [3.63, 3.8) is 0 Å². The molecule has 0 aliphatic carbocycles. The number of H-pyrrole nitrogens is 1. The summed E-state index contributed by atoms with van der Waals surface area (Å²) in [5.74, 6) is -0.383. The molecule has 26 nitrogen and oxygen atoms in total. The number of aliphatic hydroxyl groups is 1. The maximum atomic E-state index is 13.9. The third-order valence-corrected chi connectivity index (χ3v) is 12.6. The van der Waals surface area contributed by atoms with Crippen LogP contribution < -0.4 is 10.9 Å². The second kappa shape index (κ2) is 21.7. The minimum absolute atomic E-state index is 0.0218. The van der Waals surface area contributed by atoms with E-state index in [0.29, 0.717) is 5.56 Å². The van der Waals surface area contributed by atoms with Gasteiger partial charge in [0.15, 0.2) is 28.1 Å². The van der Waals surface area contributed by atoms with Gasteiger partial charge in [0.2, 0.25) is 5.95 Å². The molecule has 354 valence electrons. The van der Waals surface area contributed by atoms with E-state index in [9.17, 15) is 34.0 Å². The third kappa shape index (κ3) is 11.9. The van der Waals surface area contributed by atoms with E-state index in [4.69, 9.17) is 37.4 Å². The minimum atomic E-state index is -5.14. The Bertz CT molecular complexity index is 2830. The van der Waals surface area contributed by atoms with Crippen LogP contribution in [0.15, 0.2) is 71.8 Å². The molecular formula is C39H45N13O13P2. The predicted octanol–water partition coefficient (Wildman–Crippen LogP) is 3.80. The topological polar surface area (TPSA) is 339 Å². The van der Waals surface area contributed by atoms with Crippen molar-refractivity contribution < 1.29 is 56.0 Å². The number of imidazole rings is 2. The van der Waals surface area contributed by atoms with Crippen LogP contribution in [0, 0.1) is 22.7 Å². The van der Waals surface area contributed by atoms with Crippen LogP contribution in [0.2, 0.25) is 0 Å². The van der Waals surface area contributed by atoms with Crippen LogP contribution in [0.3, 0.4) is 0 Å². The largest absolute Gasteiger partial charge is 0.475 e. The van der Waals surface area contributed by atoms with Gasteiger partial charge < -0.3 is 29.7 Å². The quantitative estimate of drug-likeness (QED) is 0.0252. The Kier molecular flexibility index (Phi) is 15.8. The Labute approximate surface area is 381 Å². The van der Waals surface area contributed by atoms with Gasteiger partial charge in [0.25, 0.3) is 11.5 Å². The number of benzene rings is 1. The van der Waals surface area contributed by atoms with Crippen molar-refractivity contribution in [3.8, 4) is 12.1 Å². The fourth-order valence-corrected chi connectivity index (χ4v) is 9.38. The monoisotopic (exact) mass is 965 g/mol. The Morgan fingerprint density at radius 2 is 1.78 bits per heavy atom. The molecule has 67 heavy (non-hydrogen) atoms. The predicted molar refractivity (Wildman–Crippen MR) is 233 cm³/mol. The number of hydrogen-bond acceptors (Lipinski definition) is 20. The van der Waals surface area contributed by atoms with Crippen LogP contribution in [0.5, 0.6) is 0 Å². The number of anilines is 1. The number of aliphatic imine (C=N–C) groups is 1. The molecule has 2 aliphatic rings. The summed E-state index contributed by atoms with van der Waals surface area (Å²) in [4.78, 5) is 66.7. The molecule has 0 saturated carbocycles. The van der Waals surface area contributed by atoms with Gasteiger partial charge in [-0.3, -0.25) is 46.3 Å². The van der Waals surface area contributed by atoms with E-state index in [-0.39, 0.29) is 79.4 Å². The first-order valence-electron chi connectivity index (χ1n) is 20.5. The van der Waals surface area contributed by atoms with E-state index >= 15 is 0 Å². The van der Waals surface area contributed by atoms with E-state index in [1.54, 1.807) is 49.3 Å². The summed E-state index contributed by atoms with van der Waals surface area (Å²) in [6, 6.07) is 12.2. The number of nitrogens with zero attached hydrogens (tertiary/aromatic N) is 11. The van der Waals surface area contributed by atoms with Crippen molar-refractivity contribution in [3.05, 3.63) is 77.9 Å². The summed E-state index contributed by atoms with van der Waals surface area (Å²) in [6.45, 7) is 2.21. The maximum absolute atomic E-state index is 13.9. The molecular weight excluding hydrogens is 920 g/mol. The van der Waals surface area contributed by atoms with Gasteiger partial charge in [0.05, 0.1) is 69.6 Å². The van der Waals surface area contributed by atoms with Crippen molar-refractivity contribution in [2.24, 2.45) is 4.99 Å². The number of hydrogen-bond donors (Lipinski definition) is 4. The van der Waals surface area contributed by atoms with Crippen LogP contribution >= 0.6 is 15.6 Å². The van der Waals surface area contributed by atoms with Crippen molar-refractivity contribution in [1.29, 1.82) is 10.5 Å². The lowest BCUT2D eigenvalue weighted by Gasteiger charge is -2.28. The molecule has 2 aliphatic heterocycles. The van der Waals surface area contributed by atoms with E-state index < -0.39 is 76.7 Å². The second-order valence-corrected chi connectivity index (χ2v) is 18.1. The highest BCUT2D eigenvalue weighted by Gasteiger charge is 2.47. The molecule has 0 spiro atoms. The average Bonchev–Trinajstić information content (AvgIpc) is 4.11. The zero-order chi connectivity index (χ0) is 47.7. The van der Waals surface area contributed by atoms with Crippen molar-refractivity contribution in [2.45, 2.75) is 75.1 Å². The third-order valence-electron chi connectivity index (χ3n) is 10.1. The fourth-order valence-electron chi connectivity index (χ4n) is 7.06. The molecule has 4 aromatic heterocycles. The number of carbonyl (C=O) groups excluding carboxylic acids is 1. The lowest BCUT2D eigenvalue weighted by atomic mass is 10.0. The minimum Gasteiger partial charge on any atom is -0.390 e. The number of nitriles is 2. The van der Waals surface area contributed by atoms with Gasteiger partial charge in [0, 0.05) is 38.9 Å². The van der Waals surface area contributed by atoms with E-state index in [1.807, 2.05) is 12.1 Å². The Morgan fingerprint density at radius 3 is 2.51 bits per heavy atom. The SMILES string of the molecule is C=CCOP(=O)(OCCC#N)O[C@H]1C[C@H](n2cnc3c(NC(=O)c4ccccc4)ncnc32)O[C@@H]1COP(=O)(O)OC(CCC#N)[C@H]1O[C@@H](n2cnc3c(=O)[nH]c(N=CN(C)C)nc32)C[C@@H]1O. The summed E-state index contributed by atoms with van der Waals surface area (Å²) in [7, 11) is -6.15. The number of ether oxygens (including phenoxy) is 2. The highest BCUT2D eigenvalue weighted by Crippen LogP contribution is 2.54.